The smallest absolute Gasteiger partial charge is 0.410 e. The van der Waals surface area contributed by atoms with E-state index >= 15 is 0 Å². The molecule has 3 rings (SSSR count). The van der Waals surface area contributed by atoms with Gasteiger partial charge in [-0.3, -0.25) is 4.98 Å². The summed E-state index contributed by atoms with van der Waals surface area (Å²) in [5, 5.41) is 0. The van der Waals surface area contributed by atoms with E-state index in [2.05, 4.69) is 45.4 Å². The molecule has 0 bridgehead atoms. The lowest BCUT2D eigenvalue weighted by atomic mass is 9.90. The van der Waals surface area contributed by atoms with Crippen molar-refractivity contribution in [1.29, 1.82) is 0 Å². The first-order chi connectivity index (χ1) is 13.1. The molecule has 6 nitrogen and oxygen atoms in total. The van der Waals surface area contributed by atoms with Gasteiger partial charge in [0.15, 0.2) is 0 Å². The Morgan fingerprint density at radius 3 is 2.71 bits per heavy atom. The van der Waals surface area contributed by atoms with Gasteiger partial charge in [0.2, 0.25) is 0 Å². The zero-order valence-electron chi connectivity index (χ0n) is 17.5. The van der Waals surface area contributed by atoms with Crippen LogP contribution in [-0.4, -0.2) is 37.7 Å². The standard InChI is InChI=1S/C21H29BrN4O2/c1-7-25(20(27)28-21(4,5)6)12-17-24-16-11-23-15-10-14(22)9-13(3)18(15)19(16)26(17)8-2/h10-11,13H,7-9,12H2,1-6H3. The first-order valence-electron chi connectivity index (χ1n) is 9.86. The van der Waals surface area contributed by atoms with Crippen LogP contribution >= 0.6 is 15.9 Å². The van der Waals surface area contributed by atoms with E-state index in [9.17, 15) is 4.79 Å². The van der Waals surface area contributed by atoms with Crippen molar-refractivity contribution in [1.82, 2.24) is 19.4 Å². The van der Waals surface area contributed by atoms with Crippen LogP contribution < -0.4 is 0 Å². The second-order valence-electron chi connectivity index (χ2n) is 8.25. The van der Waals surface area contributed by atoms with E-state index < -0.39 is 5.60 Å². The summed E-state index contributed by atoms with van der Waals surface area (Å²) >= 11 is 3.63. The molecule has 2 aromatic rings. The Balaban J connectivity index is 2.03. The average molecular weight is 449 g/mol. The van der Waals surface area contributed by atoms with E-state index in [1.165, 1.54) is 10.0 Å². The van der Waals surface area contributed by atoms with E-state index in [-0.39, 0.29) is 6.09 Å². The molecule has 7 heteroatoms. The predicted octanol–water partition coefficient (Wildman–Crippen LogP) is 5.45. The van der Waals surface area contributed by atoms with E-state index in [1.807, 2.05) is 33.9 Å². The second kappa shape index (κ2) is 7.85. The highest BCUT2D eigenvalue weighted by molar-refractivity contribution is 9.11. The Morgan fingerprint density at radius 2 is 2.11 bits per heavy atom. The van der Waals surface area contributed by atoms with E-state index in [4.69, 9.17) is 9.72 Å². The number of allylic oxidation sites excluding steroid dienone is 1. The van der Waals surface area contributed by atoms with Crippen LogP contribution in [0.5, 0.6) is 0 Å². The monoisotopic (exact) mass is 448 g/mol. The van der Waals surface area contributed by atoms with Crippen molar-refractivity contribution in [3.8, 4) is 0 Å². The molecule has 1 atom stereocenters. The summed E-state index contributed by atoms with van der Waals surface area (Å²) < 4.78 is 8.94. The van der Waals surface area contributed by atoms with Gasteiger partial charge in [-0.1, -0.05) is 22.9 Å². The number of hydrogen-bond donors (Lipinski definition) is 0. The number of imidazole rings is 1. The van der Waals surface area contributed by atoms with Crippen LogP contribution in [0.1, 0.15) is 71.0 Å². The molecule has 1 aliphatic rings. The quantitative estimate of drug-likeness (QED) is 0.623. The van der Waals surface area contributed by atoms with Gasteiger partial charge < -0.3 is 14.2 Å². The Bertz CT molecular complexity index is 927. The zero-order chi connectivity index (χ0) is 20.6. The molecular formula is C21H29BrN4O2. The molecule has 1 unspecified atom stereocenters. The number of rotatable bonds is 4. The zero-order valence-corrected chi connectivity index (χ0v) is 19.1. The molecule has 0 saturated carbocycles. The van der Waals surface area contributed by atoms with E-state index in [0.717, 1.165) is 35.5 Å². The number of amides is 1. The lowest BCUT2D eigenvalue weighted by Gasteiger charge is -2.26. The van der Waals surface area contributed by atoms with Gasteiger partial charge in [-0.15, -0.1) is 0 Å². The molecule has 152 valence electrons. The molecule has 2 heterocycles. The summed E-state index contributed by atoms with van der Waals surface area (Å²) in [5.74, 6) is 1.22. The van der Waals surface area contributed by atoms with Crippen molar-refractivity contribution in [2.75, 3.05) is 6.54 Å². The molecule has 0 aliphatic heterocycles. The minimum Gasteiger partial charge on any atom is -0.444 e. The number of pyridine rings is 1. The number of carbonyl (C=O) groups is 1. The van der Waals surface area contributed by atoms with Gasteiger partial charge in [-0.25, -0.2) is 9.78 Å². The SMILES string of the molecule is CCN(Cc1nc2cnc3c(c2n1CC)C(C)CC(Br)=C3)C(=O)OC(C)(C)C. The molecular weight excluding hydrogens is 420 g/mol. The lowest BCUT2D eigenvalue weighted by molar-refractivity contribution is 0.0238. The number of ether oxygens (including phenoxy) is 1. The number of nitrogens with zero attached hydrogens (tertiary/aromatic N) is 4. The summed E-state index contributed by atoms with van der Waals surface area (Å²) in [6.07, 6.45) is 4.57. The fraction of sp³-hybridized carbons (Fsp3) is 0.571. The van der Waals surface area contributed by atoms with Gasteiger partial charge in [0, 0.05) is 18.7 Å². The number of aryl methyl sites for hydroxylation is 1. The highest BCUT2D eigenvalue weighted by atomic mass is 79.9. The highest BCUT2D eigenvalue weighted by Crippen LogP contribution is 2.39. The normalized spacial score (nSPS) is 16.7. The van der Waals surface area contributed by atoms with Crippen LogP contribution in [0.4, 0.5) is 4.79 Å². The molecule has 0 N–H and O–H groups in total. The van der Waals surface area contributed by atoms with E-state index in [1.54, 1.807) is 4.90 Å². The maximum Gasteiger partial charge on any atom is 0.410 e. The molecule has 0 fully saturated rings. The molecule has 0 spiro atoms. The third-order valence-corrected chi connectivity index (χ3v) is 5.45. The van der Waals surface area contributed by atoms with Crippen molar-refractivity contribution in [2.24, 2.45) is 0 Å². The molecule has 28 heavy (non-hydrogen) atoms. The number of carbonyl (C=O) groups excluding carboxylic acids is 1. The van der Waals surface area contributed by atoms with Crippen molar-refractivity contribution in [3.05, 3.63) is 27.8 Å². The van der Waals surface area contributed by atoms with Gasteiger partial charge in [-0.05, 0) is 57.5 Å². The van der Waals surface area contributed by atoms with Gasteiger partial charge in [0.05, 0.1) is 24.0 Å². The number of hydrogen-bond acceptors (Lipinski definition) is 4. The summed E-state index contributed by atoms with van der Waals surface area (Å²) in [5.41, 5.74) is 3.73. The minimum absolute atomic E-state index is 0.315. The maximum absolute atomic E-state index is 12.6. The van der Waals surface area contributed by atoms with Crippen LogP contribution in [0.3, 0.4) is 0 Å². The number of aromatic nitrogens is 3. The van der Waals surface area contributed by atoms with Gasteiger partial charge in [0.25, 0.3) is 0 Å². The lowest BCUT2D eigenvalue weighted by Crippen LogP contribution is -2.37. The van der Waals surface area contributed by atoms with Crippen LogP contribution in [0, 0.1) is 0 Å². The third-order valence-electron chi connectivity index (χ3n) is 4.90. The Kier molecular flexibility index (Phi) is 5.84. The summed E-state index contributed by atoms with van der Waals surface area (Å²) in [4.78, 5) is 23.7. The predicted molar refractivity (Wildman–Crippen MR) is 115 cm³/mol. The Hall–Kier alpha value is -1.89. The Morgan fingerprint density at radius 1 is 1.39 bits per heavy atom. The fourth-order valence-corrected chi connectivity index (χ4v) is 4.38. The van der Waals surface area contributed by atoms with Crippen LogP contribution in [0.25, 0.3) is 17.1 Å². The van der Waals surface area contributed by atoms with Gasteiger partial charge in [-0.2, -0.15) is 0 Å². The van der Waals surface area contributed by atoms with Crippen molar-refractivity contribution in [3.63, 3.8) is 0 Å². The van der Waals surface area contributed by atoms with Crippen LogP contribution in [0.2, 0.25) is 0 Å². The fourth-order valence-electron chi connectivity index (χ4n) is 3.68. The first-order valence-corrected chi connectivity index (χ1v) is 10.7. The van der Waals surface area contributed by atoms with Crippen molar-refractivity contribution >= 4 is 39.1 Å². The molecule has 0 aromatic carbocycles. The van der Waals surface area contributed by atoms with Crippen LogP contribution in [-0.2, 0) is 17.8 Å². The molecule has 0 radical (unpaired) electrons. The summed E-state index contributed by atoms with van der Waals surface area (Å²) in [6, 6.07) is 0. The number of halogens is 1. The van der Waals surface area contributed by atoms with Crippen molar-refractivity contribution in [2.45, 2.75) is 72.6 Å². The maximum atomic E-state index is 12.6. The van der Waals surface area contributed by atoms with Crippen molar-refractivity contribution < 1.29 is 9.53 Å². The number of fused-ring (bicyclic) bond motifs is 3. The van der Waals surface area contributed by atoms with Gasteiger partial charge >= 0.3 is 6.09 Å². The second-order valence-corrected chi connectivity index (χ2v) is 9.27. The minimum atomic E-state index is -0.520. The molecule has 2 aromatic heterocycles. The molecule has 1 amide bonds. The third kappa shape index (κ3) is 4.09. The van der Waals surface area contributed by atoms with Gasteiger partial charge in [0.1, 0.15) is 16.9 Å². The highest BCUT2D eigenvalue weighted by Gasteiger charge is 2.26. The van der Waals surface area contributed by atoms with E-state index in [0.29, 0.717) is 19.0 Å². The first kappa shape index (κ1) is 20.8. The molecule has 1 aliphatic carbocycles. The average Bonchev–Trinajstić information content (AvgIpc) is 2.94. The van der Waals surface area contributed by atoms with Crippen LogP contribution in [0.15, 0.2) is 10.7 Å². The molecule has 0 saturated heterocycles. The topological polar surface area (TPSA) is 60.2 Å². The summed E-state index contributed by atoms with van der Waals surface area (Å²) in [7, 11) is 0. The Labute approximate surface area is 175 Å². The summed E-state index contributed by atoms with van der Waals surface area (Å²) in [6.45, 7) is 13.7. The largest absolute Gasteiger partial charge is 0.444 e.